The molecule has 18 heavy (non-hydrogen) atoms. The highest BCUT2D eigenvalue weighted by Gasteiger charge is 2.32. The SMILES string of the molecule is CCCNC(c1cnnn1C)C1CCC(CC)C1. The average molecular weight is 250 g/mol. The first kappa shape index (κ1) is 13.5. The van der Waals surface area contributed by atoms with Gasteiger partial charge in [-0.25, -0.2) is 0 Å². The molecular weight excluding hydrogens is 224 g/mol. The van der Waals surface area contributed by atoms with Crippen LogP contribution in [0.1, 0.15) is 57.7 Å². The number of nitrogens with one attached hydrogen (secondary N) is 1. The molecule has 102 valence electrons. The lowest BCUT2D eigenvalue weighted by Gasteiger charge is -2.24. The van der Waals surface area contributed by atoms with Gasteiger partial charge in [-0.15, -0.1) is 5.10 Å². The lowest BCUT2D eigenvalue weighted by molar-refractivity contribution is 0.339. The third-order valence-electron chi connectivity index (χ3n) is 4.31. The van der Waals surface area contributed by atoms with Gasteiger partial charge in [0.2, 0.25) is 0 Å². The maximum Gasteiger partial charge on any atom is 0.0756 e. The van der Waals surface area contributed by atoms with Gasteiger partial charge in [-0.3, -0.25) is 4.68 Å². The monoisotopic (exact) mass is 250 g/mol. The molecule has 1 aromatic rings. The molecule has 4 nitrogen and oxygen atoms in total. The molecule has 1 saturated carbocycles. The maximum absolute atomic E-state index is 4.08. The standard InChI is InChI=1S/C14H26N4/c1-4-8-15-14(13-10-16-17-18(13)3)12-7-6-11(5-2)9-12/h10-12,14-15H,4-9H2,1-3H3. The second-order valence-corrected chi connectivity index (χ2v) is 5.56. The Morgan fingerprint density at radius 1 is 1.44 bits per heavy atom. The van der Waals surface area contributed by atoms with E-state index in [0.29, 0.717) is 6.04 Å². The molecule has 4 heteroatoms. The summed E-state index contributed by atoms with van der Waals surface area (Å²) in [6, 6.07) is 0.432. The summed E-state index contributed by atoms with van der Waals surface area (Å²) in [5, 5.41) is 11.8. The lowest BCUT2D eigenvalue weighted by atomic mass is 9.93. The molecule has 0 bridgehead atoms. The van der Waals surface area contributed by atoms with Gasteiger partial charge in [0, 0.05) is 7.05 Å². The average Bonchev–Trinajstić information content (AvgIpc) is 3.00. The third kappa shape index (κ3) is 2.91. The Hall–Kier alpha value is -0.900. The Bertz CT molecular complexity index is 360. The number of hydrogen-bond acceptors (Lipinski definition) is 3. The summed E-state index contributed by atoms with van der Waals surface area (Å²) < 4.78 is 1.92. The first-order chi connectivity index (χ1) is 8.76. The second-order valence-electron chi connectivity index (χ2n) is 5.56. The van der Waals surface area contributed by atoms with Gasteiger partial charge in [0.25, 0.3) is 0 Å². The van der Waals surface area contributed by atoms with Crippen molar-refractivity contribution >= 4 is 0 Å². The predicted octanol–water partition coefficient (Wildman–Crippen LogP) is 2.68. The molecule has 1 heterocycles. The quantitative estimate of drug-likeness (QED) is 0.844. The van der Waals surface area contributed by atoms with Crippen LogP contribution in [0.2, 0.25) is 0 Å². The van der Waals surface area contributed by atoms with Crippen molar-refractivity contribution in [1.82, 2.24) is 20.3 Å². The molecule has 3 unspecified atom stereocenters. The fraction of sp³-hybridized carbons (Fsp3) is 0.857. The topological polar surface area (TPSA) is 42.7 Å². The number of aryl methyl sites for hydroxylation is 1. The molecule has 0 aromatic carbocycles. The minimum absolute atomic E-state index is 0.432. The highest BCUT2D eigenvalue weighted by Crippen LogP contribution is 2.40. The van der Waals surface area contributed by atoms with E-state index in [1.54, 1.807) is 0 Å². The van der Waals surface area contributed by atoms with Crippen LogP contribution in [0.3, 0.4) is 0 Å². The zero-order valence-electron chi connectivity index (χ0n) is 11.9. The minimum atomic E-state index is 0.432. The molecule has 1 aliphatic carbocycles. The Kier molecular flexibility index (Phi) is 4.75. The lowest BCUT2D eigenvalue weighted by Crippen LogP contribution is -2.29. The largest absolute Gasteiger partial charge is 0.308 e. The van der Waals surface area contributed by atoms with E-state index in [0.717, 1.165) is 18.4 Å². The molecule has 1 aliphatic rings. The summed E-state index contributed by atoms with van der Waals surface area (Å²) in [6.07, 6.45) is 8.49. The number of aromatic nitrogens is 3. The second kappa shape index (κ2) is 6.32. The molecule has 1 aromatic heterocycles. The maximum atomic E-state index is 4.08. The van der Waals surface area contributed by atoms with Crippen LogP contribution in [0.4, 0.5) is 0 Å². The van der Waals surface area contributed by atoms with Crippen LogP contribution in [0, 0.1) is 11.8 Å². The first-order valence-electron chi connectivity index (χ1n) is 7.34. The van der Waals surface area contributed by atoms with E-state index in [1.165, 1.54) is 37.8 Å². The molecule has 2 rings (SSSR count). The Morgan fingerprint density at radius 2 is 2.28 bits per heavy atom. The van der Waals surface area contributed by atoms with Crippen LogP contribution in [0.25, 0.3) is 0 Å². The van der Waals surface area contributed by atoms with Crippen LogP contribution in [0.5, 0.6) is 0 Å². The summed E-state index contributed by atoms with van der Waals surface area (Å²) in [5.74, 6) is 1.67. The molecular formula is C14H26N4. The van der Waals surface area contributed by atoms with Crippen molar-refractivity contribution in [2.45, 2.75) is 52.0 Å². The van der Waals surface area contributed by atoms with Gasteiger partial charge < -0.3 is 5.32 Å². The van der Waals surface area contributed by atoms with Gasteiger partial charge in [0.1, 0.15) is 0 Å². The van der Waals surface area contributed by atoms with Crippen molar-refractivity contribution < 1.29 is 0 Å². The van der Waals surface area contributed by atoms with E-state index in [1.807, 2.05) is 17.9 Å². The molecule has 0 saturated heterocycles. The number of rotatable bonds is 6. The zero-order valence-corrected chi connectivity index (χ0v) is 11.9. The van der Waals surface area contributed by atoms with Crippen molar-refractivity contribution in [3.05, 3.63) is 11.9 Å². The van der Waals surface area contributed by atoms with Gasteiger partial charge in [-0.05, 0) is 37.6 Å². The summed E-state index contributed by atoms with van der Waals surface area (Å²) >= 11 is 0. The smallest absolute Gasteiger partial charge is 0.0756 e. The van der Waals surface area contributed by atoms with Crippen LogP contribution >= 0.6 is 0 Å². The normalized spacial score (nSPS) is 25.5. The van der Waals surface area contributed by atoms with E-state index < -0.39 is 0 Å². The Morgan fingerprint density at radius 3 is 2.83 bits per heavy atom. The van der Waals surface area contributed by atoms with E-state index in [4.69, 9.17) is 0 Å². The van der Waals surface area contributed by atoms with Gasteiger partial charge in [0.05, 0.1) is 17.9 Å². The van der Waals surface area contributed by atoms with E-state index in [-0.39, 0.29) is 0 Å². The van der Waals surface area contributed by atoms with Crippen LogP contribution < -0.4 is 5.32 Å². The molecule has 0 radical (unpaired) electrons. The predicted molar refractivity (Wildman–Crippen MR) is 73.2 cm³/mol. The summed E-state index contributed by atoms with van der Waals surface area (Å²) in [7, 11) is 2.00. The van der Waals surface area contributed by atoms with Gasteiger partial charge in [0.15, 0.2) is 0 Å². The van der Waals surface area contributed by atoms with Crippen LogP contribution in [0.15, 0.2) is 6.20 Å². The van der Waals surface area contributed by atoms with E-state index >= 15 is 0 Å². The molecule has 1 N–H and O–H groups in total. The van der Waals surface area contributed by atoms with E-state index in [9.17, 15) is 0 Å². The Labute approximate surface area is 110 Å². The van der Waals surface area contributed by atoms with Crippen molar-refractivity contribution in [1.29, 1.82) is 0 Å². The van der Waals surface area contributed by atoms with Crippen LogP contribution in [-0.4, -0.2) is 21.5 Å². The third-order valence-corrected chi connectivity index (χ3v) is 4.31. The van der Waals surface area contributed by atoms with Crippen LogP contribution in [-0.2, 0) is 7.05 Å². The van der Waals surface area contributed by atoms with Crippen molar-refractivity contribution in [3.63, 3.8) is 0 Å². The highest BCUT2D eigenvalue weighted by molar-refractivity contribution is 5.05. The van der Waals surface area contributed by atoms with Crippen molar-refractivity contribution in [3.8, 4) is 0 Å². The molecule has 0 aliphatic heterocycles. The fourth-order valence-electron chi connectivity index (χ4n) is 3.18. The summed E-state index contributed by atoms with van der Waals surface area (Å²) in [5.41, 5.74) is 1.24. The summed E-state index contributed by atoms with van der Waals surface area (Å²) in [4.78, 5) is 0. The van der Waals surface area contributed by atoms with Crippen molar-refractivity contribution in [2.75, 3.05) is 6.54 Å². The van der Waals surface area contributed by atoms with E-state index in [2.05, 4.69) is 29.5 Å². The fourth-order valence-corrected chi connectivity index (χ4v) is 3.18. The molecule has 3 atom stereocenters. The number of nitrogens with zero attached hydrogens (tertiary/aromatic N) is 3. The minimum Gasteiger partial charge on any atom is -0.308 e. The molecule has 0 spiro atoms. The first-order valence-corrected chi connectivity index (χ1v) is 7.34. The van der Waals surface area contributed by atoms with Gasteiger partial charge >= 0.3 is 0 Å². The zero-order chi connectivity index (χ0) is 13.0. The van der Waals surface area contributed by atoms with Gasteiger partial charge in [-0.1, -0.05) is 31.9 Å². The highest BCUT2D eigenvalue weighted by atomic mass is 15.4. The van der Waals surface area contributed by atoms with Crippen molar-refractivity contribution in [2.24, 2.45) is 18.9 Å². The summed E-state index contributed by atoms with van der Waals surface area (Å²) in [6.45, 7) is 5.60. The Balaban J connectivity index is 2.08. The number of hydrogen-bond donors (Lipinski definition) is 1. The van der Waals surface area contributed by atoms with Gasteiger partial charge in [-0.2, -0.15) is 0 Å². The molecule has 0 amide bonds. The molecule has 1 fully saturated rings.